The number of aromatic nitrogens is 2. The zero-order chi connectivity index (χ0) is 13.1. The normalized spacial score (nSPS) is 27.4. The number of piperidine rings is 1. The summed E-state index contributed by atoms with van der Waals surface area (Å²) in [5.41, 5.74) is 2.64. The molecule has 1 aliphatic carbocycles. The van der Waals surface area contributed by atoms with Crippen molar-refractivity contribution in [2.75, 3.05) is 11.9 Å². The maximum absolute atomic E-state index is 4.51. The fraction of sp³-hybridized carbons (Fsp3) is 0.733. The second-order valence-electron chi connectivity index (χ2n) is 5.84. The summed E-state index contributed by atoms with van der Waals surface area (Å²) >= 11 is 0. The molecule has 0 radical (unpaired) electrons. The average molecular weight is 260 g/mol. The van der Waals surface area contributed by atoms with E-state index in [-0.39, 0.29) is 0 Å². The van der Waals surface area contributed by atoms with Gasteiger partial charge >= 0.3 is 0 Å². The van der Waals surface area contributed by atoms with E-state index in [4.69, 9.17) is 0 Å². The number of fused-ring (bicyclic) bond motifs is 1. The first-order valence-corrected chi connectivity index (χ1v) is 7.67. The predicted molar refractivity (Wildman–Crippen MR) is 77.4 cm³/mol. The van der Waals surface area contributed by atoms with Gasteiger partial charge in [0.2, 0.25) is 0 Å². The number of nitrogens with zero attached hydrogens (tertiary/aromatic N) is 2. The molecule has 104 valence electrons. The van der Waals surface area contributed by atoms with Crippen molar-refractivity contribution in [1.82, 2.24) is 15.3 Å². The summed E-state index contributed by atoms with van der Waals surface area (Å²) in [6.07, 6.45) is 10.3. The molecular formula is C15H24N4. The van der Waals surface area contributed by atoms with Gasteiger partial charge in [-0.3, -0.25) is 0 Å². The summed E-state index contributed by atoms with van der Waals surface area (Å²) in [7, 11) is 0. The van der Waals surface area contributed by atoms with E-state index in [0.29, 0.717) is 12.1 Å². The second kappa shape index (κ2) is 5.87. The Morgan fingerprint density at radius 1 is 1.16 bits per heavy atom. The molecule has 4 nitrogen and oxygen atoms in total. The van der Waals surface area contributed by atoms with Crippen molar-refractivity contribution in [3.8, 4) is 0 Å². The van der Waals surface area contributed by atoms with Gasteiger partial charge in [0.25, 0.3) is 0 Å². The fourth-order valence-corrected chi connectivity index (χ4v) is 3.24. The van der Waals surface area contributed by atoms with Crippen molar-refractivity contribution in [2.45, 2.75) is 64.0 Å². The maximum Gasteiger partial charge on any atom is 0.133 e. The molecule has 0 bridgehead atoms. The Hall–Kier alpha value is -1.16. The summed E-state index contributed by atoms with van der Waals surface area (Å²) in [5.74, 6) is 1.09. The fourth-order valence-electron chi connectivity index (χ4n) is 3.24. The highest BCUT2D eigenvalue weighted by molar-refractivity contribution is 5.47. The summed E-state index contributed by atoms with van der Waals surface area (Å²) < 4.78 is 0. The summed E-state index contributed by atoms with van der Waals surface area (Å²) in [4.78, 5) is 9.00. The van der Waals surface area contributed by atoms with Gasteiger partial charge < -0.3 is 10.6 Å². The van der Waals surface area contributed by atoms with Gasteiger partial charge in [-0.1, -0.05) is 6.42 Å². The molecule has 2 N–H and O–H groups in total. The molecule has 2 heterocycles. The monoisotopic (exact) mass is 260 g/mol. The van der Waals surface area contributed by atoms with E-state index in [9.17, 15) is 0 Å². The second-order valence-corrected chi connectivity index (χ2v) is 5.84. The van der Waals surface area contributed by atoms with Crippen LogP contribution < -0.4 is 10.6 Å². The highest BCUT2D eigenvalue weighted by atomic mass is 15.1. The molecule has 0 amide bonds. The van der Waals surface area contributed by atoms with Gasteiger partial charge in [0.1, 0.15) is 12.1 Å². The van der Waals surface area contributed by atoms with Crippen LogP contribution in [0.3, 0.4) is 0 Å². The van der Waals surface area contributed by atoms with E-state index in [1.807, 2.05) is 0 Å². The SMILES string of the molecule is CC1NCCCC1Nc1ncnc2c1CCCCC2. The lowest BCUT2D eigenvalue weighted by molar-refractivity contribution is 0.388. The van der Waals surface area contributed by atoms with E-state index >= 15 is 0 Å². The number of hydrogen-bond donors (Lipinski definition) is 2. The van der Waals surface area contributed by atoms with Gasteiger partial charge in [-0.05, 0) is 52.0 Å². The van der Waals surface area contributed by atoms with Crippen molar-refractivity contribution < 1.29 is 0 Å². The van der Waals surface area contributed by atoms with Crippen LogP contribution in [0.2, 0.25) is 0 Å². The number of aryl methyl sites for hydroxylation is 1. The Labute approximate surface area is 115 Å². The van der Waals surface area contributed by atoms with Crippen molar-refractivity contribution in [3.63, 3.8) is 0 Å². The average Bonchev–Trinajstić information content (AvgIpc) is 2.67. The van der Waals surface area contributed by atoms with E-state index in [0.717, 1.165) is 25.2 Å². The van der Waals surface area contributed by atoms with Crippen LogP contribution in [0.5, 0.6) is 0 Å². The van der Waals surface area contributed by atoms with Gasteiger partial charge in [0.15, 0.2) is 0 Å². The standard InChI is InChI=1S/C15H24N4/c1-11-13(8-5-9-16-11)19-15-12-6-3-2-4-7-14(12)17-10-18-15/h10-11,13,16H,2-9H2,1H3,(H,17,18,19). The Bertz CT molecular complexity index is 432. The molecule has 1 aliphatic heterocycles. The minimum absolute atomic E-state index is 0.496. The minimum atomic E-state index is 0.496. The lowest BCUT2D eigenvalue weighted by Gasteiger charge is -2.31. The molecule has 19 heavy (non-hydrogen) atoms. The number of rotatable bonds is 2. The van der Waals surface area contributed by atoms with Crippen LogP contribution in [0.1, 0.15) is 50.3 Å². The van der Waals surface area contributed by atoms with Crippen LogP contribution in [0.25, 0.3) is 0 Å². The van der Waals surface area contributed by atoms with Gasteiger partial charge in [-0.25, -0.2) is 9.97 Å². The molecule has 3 rings (SSSR count). The topological polar surface area (TPSA) is 49.8 Å². The van der Waals surface area contributed by atoms with Gasteiger partial charge in [0.05, 0.1) is 0 Å². The van der Waals surface area contributed by atoms with Crippen LogP contribution in [0.15, 0.2) is 6.33 Å². The number of hydrogen-bond acceptors (Lipinski definition) is 4. The highest BCUT2D eigenvalue weighted by Gasteiger charge is 2.23. The first kappa shape index (κ1) is 12.9. The van der Waals surface area contributed by atoms with Crippen molar-refractivity contribution >= 4 is 5.82 Å². The van der Waals surface area contributed by atoms with E-state index in [1.54, 1.807) is 6.33 Å². The molecule has 0 spiro atoms. The van der Waals surface area contributed by atoms with E-state index in [2.05, 4.69) is 27.5 Å². The summed E-state index contributed by atoms with van der Waals surface area (Å²) in [6, 6.07) is 1.01. The lowest BCUT2D eigenvalue weighted by atomic mass is 9.99. The Morgan fingerprint density at radius 3 is 2.95 bits per heavy atom. The maximum atomic E-state index is 4.51. The summed E-state index contributed by atoms with van der Waals surface area (Å²) in [6.45, 7) is 3.40. The Balaban J connectivity index is 1.80. The molecule has 1 saturated heterocycles. The first-order valence-electron chi connectivity index (χ1n) is 7.67. The molecule has 1 aromatic rings. The van der Waals surface area contributed by atoms with Crippen LogP contribution in [0, 0.1) is 0 Å². The lowest BCUT2D eigenvalue weighted by Crippen LogP contribution is -2.46. The van der Waals surface area contributed by atoms with Crippen LogP contribution in [0.4, 0.5) is 5.82 Å². The molecule has 1 aromatic heterocycles. The van der Waals surface area contributed by atoms with Crippen molar-refractivity contribution in [2.24, 2.45) is 0 Å². The number of anilines is 1. The zero-order valence-electron chi connectivity index (χ0n) is 11.8. The third kappa shape index (κ3) is 2.89. The van der Waals surface area contributed by atoms with E-state index < -0.39 is 0 Å². The van der Waals surface area contributed by atoms with Crippen molar-refractivity contribution in [1.29, 1.82) is 0 Å². The molecule has 0 aromatic carbocycles. The van der Waals surface area contributed by atoms with Crippen LogP contribution >= 0.6 is 0 Å². The summed E-state index contributed by atoms with van der Waals surface area (Å²) in [5, 5.41) is 7.21. The number of nitrogens with one attached hydrogen (secondary N) is 2. The third-order valence-electron chi connectivity index (χ3n) is 4.46. The third-order valence-corrected chi connectivity index (χ3v) is 4.46. The van der Waals surface area contributed by atoms with Crippen molar-refractivity contribution in [3.05, 3.63) is 17.6 Å². The molecule has 2 atom stereocenters. The minimum Gasteiger partial charge on any atom is -0.365 e. The predicted octanol–water partition coefficient (Wildman–Crippen LogP) is 2.30. The van der Waals surface area contributed by atoms with Gasteiger partial charge in [-0.2, -0.15) is 0 Å². The first-order chi connectivity index (χ1) is 9.34. The quantitative estimate of drug-likeness (QED) is 0.801. The zero-order valence-corrected chi connectivity index (χ0v) is 11.8. The molecule has 0 saturated carbocycles. The smallest absolute Gasteiger partial charge is 0.133 e. The van der Waals surface area contributed by atoms with Crippen LogP contribution in [-0.2, 0) is 12.8 Å². The molecule has 4 heteroatoms. The highest BCUT2D eigenvalue weighted by Crippen LogP contribution is 2.25. The molecule has 2 aliphatic rings. The van der Waals surface area contributed by atoms with E-state index in [1.165, 1.54) is 43.4 Å². The Kier molecular flexibility index (Phi) is 3.97. The van der Waals surface area contributed by atoms with Gasteiger partial charge in [-0.15, -0.1) is 0 Å². The Morgan fingerprint density at radius 2 is 2.05 bits per heavy atom. The molecule has 1 fully saturated rings. The van der Waals surface area contributed by atoms with Crippen LogP contribution in [-0.4, -0.2) is 28.6 Å². The molecular weight excluding hydrogens is 236 g/mol. The molecule has 2 unspecified atom stereocenters. The largest absolute Gasteiger partial charge is 0.365 e. The van der Waals surface area contributed by atoms with Gasteiger partial charge in [0, 0.05) is 23.3 Å².